The van der Waals surface area contributed by atoms with Crippen LogP contribution in [0.15, 0.2) is 35.2 Å². The van der Waals surface area contributed by atoms with E-state index in [1.165, 1.54) is 4.68 Å². The lowest BCUT2D eigenvalue weighted by Crippen LogP contribution is -2.25. The van der Waals surface area contributed by atoms with E-state index in [9.17, 15) is 17.6 Å². The average Bonchev–Trinajstić information content (AvgIpc) is 2.70. The minimum absolute atomic E-state index is 0.325. The number of carboxylic acid groups (broad SMARTS) is 1. The van der Waals surface area contributed by atoms with E-state index in [2.05, 4.69) is 4.83 Å². The summed E-state index contributed by atoms with van der Waals surface area (Å²) >= 11 is 0. The van der Waals surface area contributed by atoms with Crippen molar-refractivity contribution in [1.29, 1.82) is 0 Å². The molecule has 0 saturated heterocycles. The minimum Gasteiger partial charge on any atom is -0.478 e. The Morgan fingerprint density at radius 3 is 2.29 bits per heavy atom. The van der Waals surface area contributed by atoms with Crippen molar-refractivity contribution in [1.82, 2.24) is 4.68 Å². The molecule has 0 aliphatic carbocycles. The summed E-state index contributed by atoms with van der Waals surface area (Å²) in [4.78, 5) is 12.9. The van der Waals surface area contributed by atoms with Crippen LogP contribution in [0.4, 0.5) is 4.39 Å². The van der Waals surface area contributed by atoms with E-state index in [1.54, 1.807) is 26.0 Å². The Labute approximate surface area is 120 Å². The van der Waals surface area contributed by atoms with Crippen LogP contribution in [0, 0.1) is 19.7 Å². The predicted molar refractivity (Wildman–Crippen MR) is 73.8 cm³/mol. The van der Waals surface area contributed by atoms with E-state index < -0.39 is 27.4 Å². The molecule has 0 radical (unpaired) electrons. The largest absolute Gasteiger partial charge is 0.478 e. The number of hydrogen-bond donors (Lipinski definition) is 2. The van der Waals surface area contributed by atoms with Crippen LogP contribution in [0.5, 0.6) is 0 Å². The van der Waals surface area contributed by atoms with Gasteiger partial charge in [0.05, 0.1) is 10.5 Å². The zero-order chi connectivity index (χ0) is 15.8. The third-order valence-corrected chi connectivity index (χ3v) is 4.26. The van der Waals surface area contributed by atoms with Crippen molar-refractivity contribution < 1.29 is 22.7 Å². The Bertz CT molecular complexity index is 792. The highest BCUT2D eigenvalue weighted by Gasteiger charge is 2.20. The molecule has 1 aromatic carbocycles. The first kappa shape index (κ1) is 15.0. The molecule has 0 spiro atoms. The summed E-state index contributed by atoms with van der Waals surface area (Å²) < 4.78 is 39.1. The van der Waals surface area contributed by atoms with Crippen molar-refractivity contribution in [3.05, 3.63) is 53.1 Å². The highest BCUT2D eigenvalue weighted by Crippen LogP contribution is 2.17. The summed E-state index contributed by atoms with van der Waals surface area (Å²) in [6, 6.07) is 6.07. The second-order valence-electron chi connectivity index (χ2n) is 4.49. The Balaban J connectivity index is 2.45. The van der Waals surface area contributed by atoms with E-state index in [0.29, 0.717) is 11.4 Å². The van der Waals surface area contributed by atoms with Crippen LogP contribution >= 0.6 is 0 Å². The van der Waals surface area contributed by atoms with Gasteiger partial charge in [-0.25, -0.2) is 14.0 Å². The van der Waals surface area contributed by atoms with Crippen molar-refractivity contribution in [3.8, 4) is 0 Å². The van der Waals surface area contributed by atoms with Crippen LogP contribution in [0.1, 0.15) is 21.7 Å². The highest BCUT2D eigenvalue weighted by atomic mass is 32.2. The van der Waals surface area contributed by atoms with Crippen molar-refractivity contribution in [2.75, 3.05) is 4.83 Å². The van der Waals surface area contributed by atoms with Crippen LogP contribution in [-0.4, -0.2) is 24.2 Å². The molecule has 0 atom stereocenters. The lowest BCUT2D eigenvalue weighted by molar-refractivity contribution is 0.0691. The standard InChI is InChI=1S/C13H13FN2O4S/c1-8-3-4-9(2)16(8)15-21(19,20)10-5-6-12(14)11(7-10)13(17)18/h3-7,15H,1-2H3,(H,17,18). The Morgan fingerprint density at radius 1 is 1.19 bits per heavy atom. The molecule has 2 aromatic rings. The topological polar surface area (TPSA) is 88.4 Å². The molecule has 0 bridgehead atoms. The monoisotopic (exact) mass is 312 g/mol. The van der Waals surface area contributed by atoms with E-state index in [-0.39, 0.29) is 4.90 Å². The van der Waals surface area contributed by atoms with Gasteiger partial charge >= 0.3 is 5.97 Å². The van der Waals surface area contributed by atoms with Crippen LogP contribution in [0.25, 0.3) is 0 Å². The number of carbonyl (C=O) groups is 1. The van der Waals surface area contributed by atoms with Crippen LogP contribution in [-0.2, 0) is 10.0 Å². The Morgan fingerprint density at radius 2 is 1.76 bits per heavy atom. The van der Waals surface area contributed by atoms with Crippen molar-refractivity contribution in [3.63, 3.8) is 0 Å². The maximum atomic E-state index is 13.3. The Hall–Kier alpha value is -2.35. The first-order valence-corrected chi connectivity index (χ1v) is 7.41. The molecule has 0 unspecified atom stereocenters. The number of sulfonamides is 1. The number of hydrogen-bond acceptors (Lipinski definition) is 3. The first-order valence-electron chi connectivity index (χ1n) is 5.93. The molecular weight excluding hydrogens is 299 g/mol. The van der Waals surface area contributed by atoms with Crippen LogP contribution < -0.4 is 4.83 Å². The van der Waals surface area contributed by atoms with Gasteiger partial charge in [-0.1, -0.05) is 0 Å². The molecule has 2 N–H and O–H groups in total. The van der Waals surface area contributed by atoms with E-state index in [1.807, 2.05) is 0 Å². The molecule has 0 saturated carbocycles. The molecule has 112 valence electrons. The van der Waals surface area contributed by atoms with Crippen molar-refractivity contribution in [2.24, 2.45) is 0 Å². The van der Waals surface area contributed by atoms with Crippen molar-refractivity contribution in [2.45, 2.75) is 18.7 Å². The van der Waals surface area contributed by atoms with Crippen molar-refractivity contribution >= 4 is 16.0 Å². The van der Waals surface area contributed by atoms with Gasteiger partial charge in [0.1, 0.15) is 5.82 Å². The zero-order valence-electron chi connectivity index (χ0n) is 11.3. The number of rotatable bonds is 4. The number of aryl methyl sites for hydroxylation is 2. The number of benzene rings is 1. The fraction of sp³-hybridized carbons (Fsp3) is 0.154. The van der Waals surface area contributed by atoms with Gasteiger partial charge in [-0.2, -0.15) is 8.42 Å². The summed E-state index contributed by atoms with van der Waals surface area (Å²) in [6.45, 7) is 3.42. The van der Waals surface area contributed by atoms with E-state index >= 15 is 0 Å². The smallest absolute Gasteiger partial charge is 0.338 e. The van der Waals surface area contributed by atoms with Gasteiger partial charge < -0.3 is 5.11 Å². The molecule has 6 nitrogen and oxygen atoms in total. The van der Waals surface area contributed by atoms with Gasteiger partial charge in [0.2, 0.25) is 0 Å². The Kier molecular flexibility index (Phi) is 3.73. The number of nitrogens with zero attached hydrogens (tertiary/aromatic N) is 1. The number of nitrogens with one attached hydrogen (secondary N) is 1. The molecule has 0 aliphatic heterocycles. The number of aromatic carboxylic acids is 1. The third-order valence-electron chi connectivity index (χ3n) is 2.96. The average molecular weight is 312 g/mol. The molecule has 0 fully saturated rings. The quantitative estimate of drug-likeness (QED) is 0.902. The number of carboxylic acids is 1. The molecule has 8 heteroatoms. The molecule has 2 rings (SSSR count). The van der Waals surface area contributed by atoms with Crippen LogP contribution in [0.3, 0.4) is 0 Å². The van der Waals surface area contributed by atoms with Crippen LogP contribution in [0.2, 0.25) is 0 Å². The second kappa shape index (κ2) is 5.21. The normalized spacial score (nSPS) is 11.4. The highest BCUT2D eigenvalue weighted by molar-refractivity contribution is 7.92. The first-order chi connectivity index (χ1) is 9.72. The fourth-order valence-corrected chi connectivity index (χ4v) is 2.97. The van der Waals surface area contributed by atoms with Gasteiger partial charge in [-0.3, -0.25) is 4.68 Å². The lowest BCUT2D eigenvalue weighted by atomic mass is 10.2. The van der Waals surface area contributed by atoms with Gasteiger partial charge in [-0.15, -0.1) is 0 Å². The van der Waals surface area contributed by atoms with Gasteiger partial charge in [0.25, 0.3) is 10.0 Å². The number of halogens is 1. The third kappa shape index (κ3) is 2.89. The van der Waals surface area contributed by atoms with Gasteiger partial charge in [-0.05, 0) is 44.2 Å². The van der Waals surface area contributed by atoms with E-state index in [0.717, 1.165) is 18.2 Å². The van der Waals surface area contributed by atoms with Gasteiger partial charge in [0.15, 0.2) is 0 Å². The molecule has 1 heterocycles. The zero-order valence-corrected chi connectivity index (χ0v) is 12.1. The summed E-state index contributed by atoms with van der Waals surface area (Å²) in [5.74, 6) is -2.52. The predicted octanol–water partition coefficient (Wildman–Crippen LogP) is 1.87. The SMILES string of the molecule is Cc1ccc(C)n1NS(=O)(=O)c1ccc(F)c(C(=O)O)c1. The maximum absolute atomic E-state index is 13.3. The minimum atomic E-state index is -4.02. The molecule has 21 heavy (non-hydrogen) atoms. The maximum Gasteiger partial charge on any atom is 0.338 e. The number of aromatic nitrogens is 1. The lowest BCUT2D eigenvalue weighted by Gasteiger charge is -2.13. The molecule has 0 amide bonds. The van der Waals surface area contributed by atoms with E-state index in [4.69, 9.17) is 5.11 Å². The summed E-state index contributed by atoms with van der Waals surface area (Å²) in [7, 11) is -4.02. The molecular formula is C13H13FN2O4S. The fourth-order valence-electron chi connectivity index (χ4n) is 1.82. The molecule has 1 aromatic heterocycles. The molecule has 0 aliphatic rings. The van der Waals surface area contributed by atoms with Gasteiger partial charge in [0, 0.05) is 11.4 Å². The second-order valence-corrected chi connectivity index (χ2v) is 6.15. The summed E-state index contributed by atoms with van der Waals surface area (Å²) in [5.41, 5.74) is 0.632. The summed E-state index contributed by atoms with van der Waals surface area (Å²) in [5, 5.41) is 8.84. The summed E-state index contributed by atoms with van der Waals surface area (Å²) in [6.07, 6.45) is 0.